The molecule has 2 aliphatic rings. The molecule has 2 saturated heterocycles. The van der Waals surface area contributed by atoms with Crippen molar-refractivity contribution >= 4 is 27.4 Å². The van der Waals surface area contributed by atoms with E-state index in [1.165, 1.54) is 23.5 Å². The Balaban J connectivity index is 1.85. The molecule has 2 fully saturated rings. The first-order valence-electron chi connectivity index (χ1n) is 9.85. The Morgan fingerprint density at radius 3 is 2.48 bits per heavy atom. The number of nitro benzene ring substituents is 1. The van der Waals surface area contributed by atoms with E-state index in [4.69, 9.17) is 4.74 Å². The van der Waals surface area contributed by atoms with E-state index in [0.717, 1.165) is 18.9 Å². The van der Waals surface area contributed by atoms with E-state index in [1.807, 2.05) is 11.8 Å². The van der Waals surface area contributed by atoms with Crippen LogP contribution in [-0.2, 0) is 19.6 Å². The predicted octanol–water partition coefficient (Wildman–Crippen LogP) is 2.40. The quantitative estimate of drug-likeness (QED) is 0.405. The molecule has 0 spiro atoms. The molecular formula is C19H27N3O6S. The maximum absolute atomic E-state index is 13.0. The van der Waals surface area contributed by atoms with Crippen LogP contribution in [0.3, 0.4) is 0 Å². The molecule has 160 valence electrons. The van der Waals surface area contributed by atoms with Crippen LogP contribution < -0.4 is 4.90 Å². The zero-order valence-corrected chi connectivity index (χ0v) is 17.6. The minimum absolute atomic E-state index is 0.0495. The lowest BCUT2D eigenvalue weighted by molar-refractivity contribution is -0.384. The fourth-order valence-electron chi connectivity index (χ4n) is 4.11. The third-order valence-electron chi connectivity index (χ3n) is 5.77. The molecule has 2 aliphatic heterocycles. The molecule has 0 radical (unpaired) electrons. The maximum Gasteiger partial charge on any atom is 0.308 e. The number of piperidine rings is 2. The van der Waals surface area contributed by atoms with E-state index in [0.29, 0.717) is 44.7 Å². The number of carbonyl (C=O) groups is 1. The molecule has 29 heavy (non-hydrogen) atoms. The van der Waals surface area contributed by atoms with Gasteiger partial charge in [0.15, 0.2) is 0 Å². The van der Waals surface area contributed by atoms with E-state index in [1.54, 1.807) is 0 Å². The van der Waals surface area contributed by atoms with Crippen molar-refractivity contribution in [2.75, 3.05) is 38.2 Å². The Kier molecular flexibility index (Phi) is 6.42. The lowest BCUT2D eigenvalue weighted by Gasteiger charge is -2.32. The molecule has 0 aromatic heterocycles. The number of anilines is 1. The maximum atomic E-state index is 13.0. The highest BCUT2D eigenvalue weighted by atomic mass is 32.2. The first-order chi connectivity index (χ1) is 13.7. The van der Waals surface area contributed by atoms with Crippen LogP contribution in [0.1, 0.15) is 32.6 Å². The molecule has 3 rings (SSSR count). The summed E-state index contributed by atoms with van der Waals surface area (Å²) in [6, 6.07) is 4.12. The summed E-state index contributed by atoms with van der Waals surface area (Å²) in [4.78, 5) is 24.6. The van der Waals surface area contributed by atoms with Gasteiger partial charge in [-0.25, -0.2) is 8.42 Å². The largest absolute Gasteiger partial charge is 0.469 e. The zero-order chi connectivity index (χ0) is 21.2. The topological polar surface area (TPSA) is 110 Å². The molecule has 9 nitrogen and oxygen atoms in total. The van der Waals surface area contributed by atoms with Gasteiger partial charge in [0.2, 0.25) is 10.0 Å². The first-order valence-corrected chi connectivity index (χ1v) is 11.3. The minimum Gasteiger partial charge on any atom is -0.469 e. The van der Waals surface area contributed by atoms with E-state index in [9.17, 15) is 23.3 Å². The standard InChI is InChI=1S/C19H27N3O6S/c1-14-4-3-9-21(13-14)29(26,27)16-5-6-17(18(12-16)22(24)25)20-10-7-15(8-11-20)19(23)28-2/h5-6,12,14-15H,3-4,7-11,13H2,1-2H3/t14-/m0/s1. The normalized spacial score (nSPS) is 21.7. The van der Waals surface area contributed by atoms with Crippen LogP contribution in [0.15, 0.2) is 23.1 Å². The summed E-state index contributed by atoms with van der Waals surface area (Å²) >= 11 is 0. The highest BCUT2D eigenvalue weighted by Crippen LogP contribution is 2.35. The highest BCUT2D eigenvalue weighted by Gasteiger charge is 2.33. The summed E-state index contributed by atoms with van der Waals surface area (Å²) in [5.74, 6) is -0.212. The van der Waals surface area contributed by atoms with Gasteiger partial charge < -0.3 is 9.64 Å². The number of nitrogens with zero attached hydrogens (tertiary/aromatic N) is 3. The number of hydrogen-bond acceptors (Lipinski definition) is 7. The van der Waals surface area contributed by atoms with Crippen LogP contribution in [0.4, 0.5) is 11.4 Å². The molecular weight excluding hydrogens is 398 g/mol. The average molecular weight is 426 g/mol. The van der Waals surface area contributed by atoms with E-state index in [2.05, 4.69) is 0 Å². The number of esters is 1. The van der Waals surface area contributed by atoms with Gasteiger partial charge in [-0.15, -0.1) is 0 Å². The van der Waals surface area contributed by atoms with Gasteiger partial charge in [-0.3, -0.25) is 14.9 Å². The Hall–Kier alpha value is -2.20. The molecule has 0 saturated carbocycles. The first kappa shape index (κ1) is 21.5. The molecule has 0 amide bonds. The number of hydrogen-bond donors (Lipinski definition) is 0. The van der Waals surface area contributed by atoms with Gasteiger partial charge in [-0.2, -0.15) is 4.31 Å². The monoisotopic (exact) mass is 425 g/mol. The molecule has 10 heteroatoms. The second kappa shape index (κ2) is 8.66. The number of rotatable bonds is 5. The van der Waals surface area contributed by atoms with Gasteiger partial charge >= 0.3 is 5.97 Å². The molecule has 0 aliphatic carbocycles. The van der Waals surface area contributed by atoms with Gasteiger partial charge in [-0.05, 0) is 43.7 Å². The number of ether oxygens (including phenoxy) is 1. The summed E-state index contributed by atoms with van der Waals surface area (Å²) in [5, 5.41) is 11.7. The number of carbonyl (C=O) groups excluding carboxylic acids is 1. The molecule has 1 aromatic carbocycles. The Bertz CT molecular complexity index is 880. The van der Waals surface area contributed by atoms with Gasteiger partial charge in [0, 0.05) is 32.2 Å². The third-order valence-corrected chi connectivity index (χ3v) is 7.63. The van der Waals surface area contributed by atoms with Gasteiger partial charge in [0.1, 0.15) is 5.69 Å². The lowest BCUT2D eigenvalue weighted by Crippen LogP contribution is -2.39. The summed E-state index contributed by atoms with van der Waals surface area (Å²) in [5.41, 5.74) is 0.150. The fraction of sp³-hybridized carbons (Fsp3) is 0.632. The van der Waals surface area contributed by atoms with Crippen molar-refractivity contribution in [2.45, 2.75) is 37.5 Å². The van der Waals surface area contributed by atoms with E-state index >= 15 is 0 Å². The Morgan fingerprint density at radius 1 is 1.21 bits per heavy atom. The Morgan fingerprint density at radius 2 is 1.90 bits per heavy atom. The summed E-state index contributed by atoms with van der Waals surface area (Å²) in [6.45, 7) is 3.81. The van der Waals surface area contributed by atoms with Crippen molar-refractivity contribution in [3.05, 3.63) is 28.3 Å². The van der Waals surface area contributed by atoms with Crippen molar-refractivity contribution in [3.63, 3.8) is 0 Å². The molecule has 0 unspecified atom stereocenters. The molecule has 0 N–H and O–H groups in total. The number of sulfonamides is 1. The van der Waals surface area contributed by atoms with Gasteiger partial charge in [-0.1, -0.05) is 6.92 Å². The van der Waals surface area contributed by atoms with Crippen molar-refractivity contribution < 1.29 is 22.9 Å². The molecule has 0 bridgehead atoms. The van der Waals surface area contributed by atoms with Gasteiger partial charge in [0.25, 0.3) is 5.69 Å². The van der Waals surface area contributed by atoms with Gasteiger partial charge in [0.05, 0.1) is 22.8 Å². The SMILES string of the molecule is COC(=O)C1CCN(c2ccc(S(=O)(=O)N3CCC[C@H](C)C3)cc2[N+](=O)[O-])CC1. The zero-order valence-electron chi connectivity index (χ0n) is 16.7. The molecule has 1 aromatic rings. The van der Waals surface area contributed by atoms with Crippen LogP contribution in [0.25, 0.3) is 0 Å². The smallest absolute Gasteiger partial charge is 0.308 e. The fourth-order valence-corrected chi connectivity index (χ4v) is 5.73. The summed E-state index contributed by atoms with van der Waals surface area (Å²) in [6.07, 6.45) is 2.84. The summed E-state index contributed by atoms with van der Waals surface area (Å²) < 4.78 is 32.2. The lowest BCUT2D eigenvalue weighted by atomic mass is 9.96. The number of nitro groups is 1. The predicted molar refractivity (Wildman–Crippen MR) is 107 cm³/mol. The number of benzene rings is 1. The van der Waals surface area contributed by atoms with Crippen molar-refractivity contribution in [1.29, 1.82) is 0 Å². The van der Waals surface area contributed by atoms with Crippen LogP contribution in [-0.4, -0.2) is 56.9 Å². The Labute approximate surface area is 170 Å². The summed E-state index contributed by atoms with van der Waals surface area (Å²) in [7, 11) is -2.42. The molecule has 1 atom stereocenters. The molecule has 2 heterocycles. The van der Waals surface area contributed by atoms with Crippen molar-refractivity contribution in [3.8, 4) is 0 Å². The second-order valence-electron chi connectivity index (χ2n) is 7.80. The number of methoxy groups -OCH3 is 1. The van der Waals surface area contributed by atoms with Crippen LogP contribution in [0, 0.1) is 22.0 Å². The highest BCUT2D eigenvalue weighted by molar-refractivity contribution is 7.89. The van der Waals surface area contributed by atoms with Crippen LogP contribution in [0.5, 0.6) is 0 Å². The second-order valence-corrected chi connectivity index (χ2v) is 9.74. The van der Waals surface area contributed by atoms with Crippen LogP contribution >= 0.6 is 0 Å². The van der Waals surface area contributed by atoms with Crippen molar-refractivity contribution in [2.24, 2.45) is 11.8 Å². The van der Waals surface area contributed by atoms with Crippen LogP contribution in [0.2, 0.25) is 0 Å². The average Bonchev–Trinajstić information content (AvgIpc) is 2.72. The van der Waals surface area contributed by atoms with E-state index in [-0.39, 0.29) is 28.4 Å². The minimum atomic E-state index is -3.77. The van der Waals surface area contributed by atoms with Crippen molar-refractivity contribution in [1.82, 2.24) is 4.31 Å². The third kappa shape index (κ3) is 4.53. The van der Waals surface area contributed by atoms with E-state index < -0.39 is 14.9 Å².